The third kappa shape index (κ3) is 7.50. The van der Waals surface area contributed by atoms with Crippen molar-refractivity contribution in [2.45, 2.75) is 110 Å². The van der Waals surface area contributed by atoms with E-state index in [4.69, 9.17) is 24.2 Å². The molecule has 20 nitrogen and oxygen atoms in total. The van der Waals surface area contributed by atoms with Gasteiger partial charge in [0.1, 0.15) is 31.3 Å². The van der Waals surface area contributed by atoms with Gasteiger partial charge in [0, 0.05) is 49.5 Å². The van der Waals surface area contributed by atoms with Gasteiger partial charge in [-0.3, -0.25) is 14.4 Å². The average molecular weight is 1110 g/mol. The largest absolute Gasteiger partial charge is 0.508 e. The average Bonchev–Trinajstić information content (AvgIpc) is 2.89. The maximum absolute atomic E-state index is 13.2. The van der Waals surface area contributed by atoms with Crippen molar-refractivity contribution in [3.05, 3.63) is 178 Å². The minimum atomic E-state index is -1.83. The van der Waals surface area contributed by atoms with Gasteiger partial charge in [-0.2, -0.15) is 0 Å². The lowest BCUT2D eigenvalue weighted by Crippen LogP contribution is -2.44. The maximum atomic E-state index is 13.2. The van der Waals surface area contributed by atoms with Crippen LogP contribution in [-0.4, -0.2) is 72.1 Å². The van der Waals surface area contributed by atoms with Crippen LogP contribution in [0.4, 0.5) is 0 Å². The highest BCUT2D eigenvalue weighted by molar-refractivity contribution is 5.91. The van der Waals surface area contributed by atoms with Gasteiger partial charge in [-0.25, -0.2) is 29.3 Å². The van der Waals surface area contributed by atoms with E-state index in [1.807, 2.05) is 43.3 Å². The first kappa shape index (κ1) is 52.0. The number of aryl methyl sites for hydroxylation is 1. The van der Waals surface area contributed by atoms with Crippen molar-refractivity contribution in [1.29, 1.82) is 0 Å². The number of carbonyl (C=O) groups is 3. The molecule has 5 N–H and O–H groups in total. The van der Waals surface area contributed by atoms with Crippen molar-refractivity contribution < 1.29 is 54.1 Å². The summed E-state index contributed by atoms with van der Waals surface area (Å²) in [6.45, 7) is 7.81. The molecule has 0 fully saturated rings. The number of ether oxygens (including phenoxy) is 3. The molecule has 3 atom stereocenters. The van der Waals surface area contributed by atoms with Gasteiger partial charge in [0.15, 0.2) is 16.8 Å². The van der Waals surface area contributed by atoms with Crippen LogP contribution in [0.3, 0.4) is 0 Å². The van der Waals surface area contributed by atoms with Crippen molar-refractivity contribution in [1.82, 2.24) is 28.7 Å². The second-order valence-corrected chi connectivity index (χ2v) is 21.3. The first-order valence-electron chi connectivity index (χ1n) is 27.0. The number of esters is 3. The number of cyclic esters (lactones) is 3. The molecule has 82 heavy (non-hydrogen) atoms. The van der Waals surface area contributed by atoms with E-state index in [9.17, 15) is 54.3 Å². The van der Waals surface area contributed by atoms with Gasteiger partial charge in [0.2, 0.25) is 0 Å². The number of benzene rings is 3. The molecular formula is C62H52N6O14. The predicted molar refractivity (Wildman–Crippen MR) is 296 cm³/mol. The van der Waals surface area contributed by atoms with Crippen LogP contribution >= 0.6 is 0 Å². The van der Waals surface area contributed by atoms with Gasteiger partial charge in [0.05, 0.1) is 87.0 Å². The molecule has 6 aliphatic rings. The molecule has 0 spiro atoms. The molecule has 0 aliphatic carbocycles. The molecule has 414 valence electrons. The number of fused-ring (bicyclic) bond motifs is 15. The van der Waals surface area contributed by atoms with E-state index in [0.29, 0.717) is 93.4 Å². The van der Waals surface area contributed by atoms with E-state index in [1.165, 1.54) is 0 Å². The molecule has 0 saturated heterocycles. The highest BCUT2D eigenvalue weighted by atomic mass is 16.6. The smallest absolute Gasteiger partial charge is 0.343 e. The highest BCUT2D eigenvalue weighted by Gasteiger charge is 2.48. The third-order valence-electron chi connectivity index (χ3n) is 17.1. The minimum Gasteiger partial charge on any atom is -0.508 e. The van der Waals surface area contributed by atoms with Crippen molar-refractivity contribution in [2.24, 2.45) is 0 Å². The van der Waals surface area contributed by atoms with E-state index in [0.717, 1.165) is 55.1 Å². The number of hydrogen-bond acceptors (Lipinski definition) is 17. The lowest BCUT2D eigenvalue weighted by atomic mass is 9.86. The summed E-state index contributed by atoms with van der Waals surface area (Å²) >= 11 is 0. The number of rotatable bonds is 4. The number of phenolic OH excluding ortho intramolecular Hbond substituents is 2. The number of carbonyl (C=O) groups excluding carboxylic acids is 3. The van der Waals surface area contributed by atoms with Crippen LogP contribution in [0.2, 0.25) is 0 Å². The fourth-order valence-corrected chi connectivity index (χ4v) is 12.5. The van der Waals surface area contributed by atoms with Crippen molar-refractivity contribution in [3.63, 3.8) is 0 Å². The summed E-state index contributed by atoms with van der Waals surface area (Å²) in [6.07, 6.45) is 1.08. The molecule has 0 amide bonds. The van der Waals surface area contributed by atoms with Gasteiger partial charge in [0.25, 0.3) is 16.7 Å². The van der Waals surface area contributed by atoms with Crippen LogP contribution < -0.4 is 16.7 Å². The molecule has 6 aliphatic heterocycles. The Kier molecular flexibility index (Phi) is 11.8. The molecule has 9 aromatic rings. The zero-order valence-electron chi connectivity index (χ0n) is 44.8. The van der Waals surface area contributed by atoms with E-state index in [1.54, 1.807) is 89.1 Å². The molecule has 15 rings (SSSR count). The first-order chi connectivity index (χ1) is 39.3. The molecule has 12 heterocycles. The fraction of sp³-hybridized carbons (Fsp3) is 0.274. The quantitative estimate of drug-likeness (QED) is 0.0967. The zero-order chi connectivity index (χ0) is 57.5. The number of phenols is 2. The monoisotopic (exact) mass is 1100 g/mol. The first-order valence-corrected chi connectivity index (χ1v) is 27.0. The topological polar surface area (TPSA) is 285 Å². The zero-order valence-corrected chi connectivity index (χ0v) is 44.8. The summed E-state index contributed by atoms with van der Waals surface area (Å²) < 4.78 is 20.1. The predicted octanol–water partition coefficient (Wildman–Crippen LogP) is 6.21. The number of aromatic nitrogens is 6. The van der Waals surface area contributed by atoms with Gasteiger partial charge in [-0.15, -0.1) is 0 Å². The fourth-order valence-electron chi connectivity index (χ4n) is 12.5. The van der Waals surface area contributed by atoms with E-state index in [-0.39, 0.29) is 67.3 Å². The molecule has 3 aromatic carbocycles. The third-order valence-corrected chi connectivity index (χ3v) is 17.1. The second kappa shape index (κ2) is 18.6. The minimum absolute atomic E-state index is 0.110. The lowest BCUT2D eigenvalue weighted by Gasteiger charge is -2.31. The van der Waals surface area contributed by atoms with E-state index < -0.39 is 34.7 Å². The number of aromatic hydroxyl groups is 2. The maximum Gasteiger partial charge on any atom is 0.343 e. The molecule has 6 aromatic heterocycles. The van der Waals surface area contributed by atoms with Crippen LogP contribution in [0.1, 0.15) is 103 Å². The number of pyridine rings is 6. The molecule has 20 heteroatoms. The lowest BCUT2D eigenvalue weighted by molar-refractivity contribution is -0.172. The Bertz CT molecular complexity index is 4560. The summed E-state index contributed by atoms with van der Waals surface area (Å²) in [5.41, 5.74) is 5.53. The van der Waals surface area contributed by atoms with Gasteiger partial charge in [-0.1, -0.05) is 45.9 Å². The molecular weight excluding hydrogens is 1050 g/mol. The summed E-state index contributed by atoms with van der Waals surface area (Å²) in [6, 6.07) is 26.8. The van der Waals surface area contributed by atoms with Crippen LogP contribution in [0.25, 0.3) is 66.9 Å². The van der Waals surface area contributed by atoms with Gasteiger partial charge < -0.3 is 53.4 Å². The van der Waals surface area contributed by atoms with E-state index >= 15 is 0 Å². The Labute approximate surface area is 464 Å². The van der Waals surface area contributed by atoms with E-state index in [2.05, 4.69) is 4.98 Å². The van der Waals surface area contributed by atoms with Crippen molar-refractivity contribution in [2.75, 3.05) is 0 Å². The van der Waals surface area contributed by atoms with Crippen LogP contribution in [-0.2, 0) is 91.3 Å². The molecule has 0 radical (unpaired) electrons. The Hall–Kier alpha value is -9.37. The van der Waals surface area contributed by atoms with Crippen LogP contribution in [0.5, 0.6) is 11.5 Å². The van der Waals surface area contributed by atoms with Crippen LogP contribution in [0.15, 0.2) is 105 Å². The standard InChI is InChI=1S/C22H20N2O5.C20H16N2O5.C20H16N2O4/c1-3-12-13-7-11(25)5-6-17(13)23-19-14(12)9-24-18(19)8-16-15(20(24)26)10-29-21(27)22(16,28)4-2;1-2-20(26)14-7-16-17-11(5-10-6-12(23)3-4-15(10)21-17)8-22(16)18(24)13(14)9-27-19(20)25;1-2-20(25)14-8-16-17-12(7-11-5-3-4-6-15(11)21-17)9-22(16)18(23)13(14)10-26-19(20)24/h5-8,25,28H,3-4,9-10H2,1-2H3;3-7,23,26H,2,8-9H2,1H3;3-8,25H,2,9-10H2,1H3/t22-;2*20-/m000/s1. The summed E-state index contributed by atoms with van der Waals surface area (Å²) in [5.74, 6) is -1.85. The number of hydrogen-bond donors (Lipinski definition) is 5. The normalized spacial score (nSPS) is 20.1. The number of aliphatic hydroxyl groups is 3. The Balaban J connectivity index is 0.000000116. The summed E-state index contributed by atoms with van der Waals surface area (Å²) in [7, 11) is 0. The van der Waals surface area contributed by atoms with Gasteiger partial charge >= 0.3 is 17.9 Å². The summed E-state index contributed by atoms with van der Waals surface area (Å²) in [4.78, 5) is 89.9. The van der Waals surface area contributed by atoms with Crippen LogP contribution in [0, 0.1) is 0 Å². The Morgan fingerprint density at radius 3 is 1.37 bits per heavy atom. The van der Waals surface area contributed by atoms with Crippen molar-refractivity contribution >= 4 is 50.6 Å². The van der Waals surface area contributed by atoms with Crippen molar-refractivity contribution in [3.8, 4) is 45.7 Å². The second-order valence-electron chi connectivity index (χ2n) is 21.3. The number of nitrogens with zero attached hydrogens (tertiary/aromatic N) is 6. The molecule has 0 unspecified atom stereocenters. The Morgan fingerprint density at radius 1 is 0.463 bits per heavy atom. The SMILES string of the molecule is CC[C@@]1(O)C(=O)OCc2c1cc1n(c2=O)Cc2cc3cc(O)ccc3nc2-1.CC[C@@]1(O)C(=O)OCc2c1cc1n(c2=O)Cc2cc3ccccc3nc2-1.CCc1c2c(nc3ccc(O)cc13)-c1cc3c(c(=O)n1C2)COC(=O)[C@]3(O)CC. The molecule has 0 saturated carbocycles. The highest BCUT2D eigenvalue weighted by Crippen LogP contribution is 2.43. The summed E-state index contributed by atoms with van der Waals surface area (Å²) in [5, 5.41) is 54.9. The molecule has 0 bridgehead atoms. The Morgan fingerprint density at radius 2 is 0.878 bits per heavy atom. The number of para-hydroxylation sites is 1. The van der Waals surface area contributed by atoms with Gasteiger partial charge in [-0.05, 0) is 104 Å².